The van der Waals surface area contributed by atoms with E-state index in [2.05, 4.69) is 47.2 Å². The van der Waals surface area contributed by atoms with E-state index >= 15 is 0 Å². The number of ether oxygens (including phenoxy) is 1. The molecule has 1 N–H and O–H groups in total. The van der Waals surface area contributed by atoms with Crippen molar-refractivity contribution >= 4 is 15.9 Å². The summed E-state index contributed by atoms with van der Waals surface area (Å²) in [5.74, 6) is 1.45. The summed E-state index contributed by atoms with van der Waals surface area (Å²) >= 11 is 3.60. The van der Waals surface area contributed by atoms with Gasteiger partial charge in [-0.05, 0) is 59.1 Å². The lowest BCUT2D eigenvalue weighted by Gasteiger charge is -2.14. The summed E-state index contributed by atoms with van der Waals surface area (Å²) in [5, 5.41) is 3.17. The molecule has 0 saturated heterocycles. The van der Waals surface area contributed by atoms with Crippen LogP contribution in [-0.4, -0.2) is 20.7 Å². The molecule has 0 aliphatic carbocycles. The third-order valence-electron chi connectivity index (χ3n) is 2.67. The Bertz CT molecular complexity index is 350. The van der Waals surface area contributed by atoms with Gasteiger partial charge in [-0.3, -0.25) is 0 Å². The van der Waals surface area contributed by atoms with Gasteiger partial charge in [0.2, 0.25) is 0 Å². The van der Waals surface area contributed by atoms with Gasteiger partial charge in [0, 0.05) is 0 Å². The maximum Gasteiger partial charge on any atom is 0.133 e. The van der Waals surface area contributed by atoms with Crippen LogP contribution in [0.25, 0.3) is 0 Å². The highest BCUT2D eigenvalue weighted by Gasteiger charge is 2.10. The van der Waals surface area contributed by atoms with Gasteiger partial charge in [-0.15, -0.1) is 0 Å². The number of likely N-dealkylation sites (N-methyl/N-ethyl adjacent to an activating group) is 1. The van der Waals surface area contributed by atoms with Crippen LogP contribution < -0.4 is 10.1 Å². The fourth-order valence-electron chi connectivity index (χ4n) is 1.60. The molecule has 1 aromatic carbocycles. The molecular weight excluding hydrogens is 266 g/mol. The predicted molar refractivity (Wildman–Crippen MR) is 72.4 cm³/mol. The Hall–Kier alpha value is -0.540. The van der Waals surface area contributed by atoms with E-state index in [0.717, 1.165) is 23.2 Å². The Kier molecular flexibility index (Phi) is 5.29. The maximum atomic E-state index is 5.39. The average molecular weight is 286 g/mol. The number of rotatable bonds is 5. The number of methoxy groups -OCH3 is 1. The van der Waals surface area contributed by atoms with Crippen molar-refractivity contribution in [3.05, 3.63) is 27.7 Å². The normalized spacial score (nSPS) is 10.9. The first-order valence-corrected chi connectivity index (χ1v) is 6.40. The maximum absolute atomic E-state index is 5.39. The third-order valence-corrected chi connectivity index (χ3v) is 3.57. The molecule has 0 fully saturated rings. The molecule has 90 valence electrons. The number of hydrogen-bond donors (Lipinski definition) is 1. The van der Waals surface area contributed by atoms with Crippen LogP contribution in [-0.2, 0) is 6.42 Å². The van der Waals surface area contributed by atoms with Gasteiger partial charge in [0.1, 0.15) is 5.75 Å². The number of nitrogens with one attached hydrogen (secondary N) is 1. The fourth-order valence-corrected chi connectivity index (χ4v) is 2.19. The molecular formula is C13H20BrNO. The van der Waals surface area contributed by atoms with Crippen LogP contribution in [0.1, 0.15) is 30.9 Å². The minimum Gasteiger partial charge on any atom is -0.496 e. The zero-order chi connectivity index (χ0) is 12.1. The van der Waals surface area contributed by atoms with Crippen molar-refractivity contribution in [1.29, 1.82) is 0 Å². The average Bonchev–Trinajstić information content (AvgIpc) is 2.27. The molecule has 2 nitrogen and oxygen atoms in total. The van der Waals surface area contributed by atoms with Crippen molar-refractivity contribution in [3.8, 4) is 5.75 Å². The minimum absolute atomic E-state index is 0.523. The molecule has 0 bridgehead atoms. The van der Waals surface area contributed by atoms with Crippen LogP contribution >= 0.6 is 15.9 Å². The molecule has 16 heavy (non-hydrogen) atoms. The molecule has 0 radical (unpaired) electrons. The monoisotopic (exact) mass is 285 g/mol. The van der Waals surface area contributed by atoms with Crippen LogP contribution in [0.15, 0.2) is 16.6 Å². The van der Waals surface area contributed by atoms with E-state index in [4.69, 9.17) is 4.74 Å². The quantitative estimate of drug-likeness (QED) is 0.896. The van der Waals surface area contributed by atoms with Crippen LogP contribution in [0, 0.1) is 0 Å². The topological polar surface area (TPSA) is 21.3 Å². The van der Waals surface area contributed by atoms with Crippen molar-refractivity contribution in [2.45, 2.75) is 26.2 Å². The summed E-state index contributed by atoms with van der Waals surface area (Å²) in [6.45, 7) is 5.37. The van der Waals surface area contributed by atoms with Crippen LogP contribution in [0.5, 0.6) is 5.75 Å². The number of hydrogen-bond acceptors (Lipinski definition) is 2. The molecule has 0 saturated carbocycles. The van der Waals surface area contributed by atoms with E-state index in [9.17, 15) is 0 Å². The van der Waals surface area contributed by atoms with E-state index in [-0.39, 0.29) is 0 Å². The lowest BCUT2D eigenvalue weighted by atomic mass is 9.99. The van der Waals surface area contributed by atoms with E-state index in [1.54, 1.807) is 7.11 Å². The zero-order valence-corrected chi connectivity index (χ0v) is 12.0. The summed E-state index contributed by atoms with van der Waals surface area (Å²) in [6.07, 6.45) is 1.01. The summed E-state index contributed by atoms with van der Waals surface area (Å²) in [5.41, 5.74) is 2.63. The Morgan fingerprint density at radius 2 is 2.06 bits per heavy atom. The molecule has 0 aliphatic rings. The van der Waals surface area contributed by atoms with Gasteiger partial charge in [-0.1, -0.05) is 19.9 Å². The smallest absolute Gasteiger partial charge is 0.133 e. The molecule has 0 atom stereocenters. The lowest BCUT2D eigenvalue weighted by Crippen LogP contribution is -2.11. The van der Waals surface area contributed by atoms with Crippen molar-refractivity contribution in [1.82, 2.24) is 5.32 Å². The zero-order valence-electron chi connectivity index (χ0n) is 10.4. The highest BCUT2D eigenvalue weighted by molar-refractivity contribution is 9.10. The Morgan fingerprint density at radius 3 is 2.56 bits per heavy atom. The first-order chi connectivity index (χ1) is 7.60. The minimum atomic E-state index is 0.523. The second-order valence-corrected chi connectivity index (χ2v) is 5.00. The van der Waals surface area contributed by atoms with E-state index in [1.165, 1.54) is 11.1 Å². The van der Waals surface area contributed by atoms with E-state index in [0.29, 0.717) is 5.92 Å². The highest BCUT2D eigenvalue weighted by Crippen LogP contribution is 2.33. The Balaban J connectivity index is 3.08. The second kappa shape index (κ2) is 6.26. The van der Waals surface area contributed by atoms with Gasteiger partial charge < -0.3 is 10.1 Å². The van der Waals surface area contributed by atoms with Gasteiger partial charge >= 0.3 is 0 Å². The Morgan fingerprint density at radius 1 is 1.38 bits per heavy atom. The molecule has 0 unspecified atom stereocenters. The molecule has 0 aliphatic heterocycles. The van der Waals surface area contributed by atoms with Gasteiger partial charge in [0.05, 0.1) is 11.6 Å². The van der Waals surface area contributed by atoms with Gasteiger partial charge in [-0.25, -0.2) is 0 Å². The molecule has 0 aromatic heterocycles. The van der Waals surface area contributed by atoms with Gasteiger partial charge in [0.25, 0.3) is 0 Å². The largest absolute Gasteiger partial charge is 0.496 e. The highest BCUT2D eigenvalue weighted by atomic mass is 79.9. The van der Waals surface area contributed by atoms with Crippen molar-refractivity contribution in [3.63, 3.8) is 0 Å². The molecule has 0 heterocycles. The molecule has 0 amide bonds. The van der Waals surface area contributed by atoms with Crippen LogP contribution in [0.4, 0.5) is 0 Å². The molecule has 1 rings (SSSR count). The fraction of sp³-hybridized carbons (Fsp3) is 0.538. The molecule has 0 spiro atoms. The number of benzene rings is 1. The van der Waals surface area contributed by atoms with Crippen molar-refractivity contribution in [2.24, 2.45) is 0 Å². The van der Waals surface area contributed by atoms with Crippen molar-refractivity contribution in [2.75, 3.05) is 20.7 Å². The Labute approximate surface area is 107 Å². The van der Waals surface area contributed by atoms with E-state index < -0.39 is 0 Å². The third kappa shape index (κ3) is 3.22. The summed E-state index contributed by atoms with van der Waals surface area (Å²) < 4.78 is 6.47. The first-order valence-electron chi connectivity index (χ1n) is 5.61. The molecule has 3 heteroatoms. The number of halogens is 1. The second-order valence-electron chi connectivity index (χ2n) is 4.20. The van der Waals surface area contributed by atoms with E-state index in [1.807, 2.05) is 7.05 Å². The van der Waals surface area contributed by atoms with Gasteiger partial charge in [-0.2, -0.15) is 0 Å². The van der Waals surface area contributed by atoms with Crippen LogP contribution in [0.3, 0.4) is 0 Å². The van der Waals surface area contributed by atoms with Crippen molar-refractivity contribution < 1.29 is 4.74 Å². The SMILES string of the molecule is CNCCc1cc(C(C)C)cc(OC)c1Br. The van der Waals surface area contributed by atoms with Gasteiger partial charge in [0.15, 0.2) is 0 Å². The van der Waals surface area contributed by atoms with Crippen LogP contribution in [0.2, 0.25) is 0 Å². The predicted octanol–water partition coefficient (Wildman–Crippen LogP) is 3.34. The summed E-state index contributed by atoms with van der Waals surface area (Å²) in [6, 6.07) is 4.37. The first kappa shape index (κ1) is 13.5. The summed E-state index contributed by atoms with van der Waals surface area (Å²) in [4.78, 5) is 0. The molecule has 1 aromatic rings. The standard InChI is InChI=1S/C13H20BrNO/c1-9(2)11-7-10(5-6-15-3)13(14)12(8-11)16-4/h7-9,15H,5-6H2,1-4H3. The lowest BCUT2D eigenvalue weighted by molar-refractivity contribution is 0.410. The summed E-state index contributed by atoms with van der Waals surface area (Å²) in [7, 11) is 3.68.